The van der Waals surface area contributed by atoms with Gasteiger partial charge in [0.1, 0.15) is 17.6 Å². The van der Waals surface area contributed by atoms with Crippen LogP contribution in [0.3, 0.4) is 0 Å². The van der Waals surface area contributed by atoms with Crippen molar-refractivity contribution in [3.8, 4) is 22.6 Å². The highest BCUT2D eigenvalue weighted by Gasteiger charge is 2.37. The second-order valence-electron chi connectivity index (χ2n) is 8.63. The number of hydrogen-bond acceptors (Lipinski definition) is 5. The lowest BCUT2D eigenvalue weighted by Gasteiger charge is -2.44. The first-order valence-electron chi connectivity index (χ1n) is 11.4. The van der Waals surface area contributed by atoms with Crippen LogP contribution in [0, 0.1) is 5.92 Å². The molecule has 0 radical (unpaired) electrons. The number of hydrogen-bond donors (Lipinski definition) is 1. The first-order valence-corrected chi connectivity index (χ1v) is 11.4. The van der Waals surface area contributed by atoms with Gasteiger partial charge in [-0.05, 0) is 68.1 Å². The SMILES string of the molecule is CCOc1ccc(-c2ccc3c(c2)OCCC3NC(=O)O[C@H]2CN3CCC2CC3)cc1. The van der Waals surface area contributed by atoms with Crippen LogP contribution >= 0.6 is 0 Å². The molecule has 1 amide bonds. The minimum atomic E-state index is -0.313. The lowest BCUT2D eigenvalue weighted by atomic mass is 9.86. The fourth-order valence-electron chi connectivity index (χ4n) is 4.99. The summed E-state index contributed by atoms with van der Waals surface area (Å²) >= 11 is 0. The first kappa shape index (κ1) is 20.2. The fourth-order valence-corrected chi connectivity index (χ4v) is 4.99. The molecule has 0 saturated carbocycles. The molecule has 6 heteroatoms. The summed E-state index contributed by atoms with van der Waals surface area (Å²) in [7, 11) is 0. The van der Waals surface area contributed by atoms with Gasteiger partial charge >= 0.3 is 6.09 Å². The standard InChI is InChI=1S/C25H30N2O4/c1-2-29-20-6-3-17(4-7-20)19-5-8-21-22(11-14-30-23(21)15-19)26-25(28)31-24-16-27-12-9-18(24)10-13-27/h3-8,15,18,22,24H,2,9-14,16H2,1H3,(H,26,28)/t22?,24-/m0/s1. The molecule has 4 aliphatic rings. The van der Waals surface area contributed by atoms with Crippen molar-refractivity contribution in [2.75, 3.05) is 32.8 Å². The highest BCUT2D eigenvalue weighted by atomic mass is 16.6. The van der Waals surface area contributed by atoms with E-state index in [-0.39, 0.29) is 18.2 Å². The predicted molar refractivity (Wildman–Crippen MR) is 118 cm³/mol. The molecule has 0 aromatic heterocycles. The number of amides is 1. The smallest absolute Gasteiger partial charge is 0.407 e. The monoisotopic (exact) mass is 422 g/mol. The van der Waals surface area contributed by atoms with Gasteiger partial charge < -0.3 is 19.5 Å². The lowest BCUT2D eigenvalue weighted by Crippen LogP contribution is -2.52. The molecule has 6 rings (SSSR count). The van der Waals surface area contributed by atoms with Gasteiger partial charge in [0.2, 0.25) is 0 Å². The van der Waals surface area contributed by atoms with Crippen molar-refractivity contribution in [3.05, 3.63) is 48.0 Å². The minimum Gasteiger partial charge on any atom is -0.494 e. The van der Waals surface area contributed by atoms with Crippen LogP contribution in [0.15, 0.2) is 42.5 Å². The number of carbonyl (C=O) groups excluding carboxylic acids is 1. The average Bonchev–Trinajstić information content (AvgIpc) is 2.80. The summed E-state index contributed by atoms with van der Waals surface area (Å²) in [5.74, 6) is 2.20. The van der Waals surface area contributed by atoms with E-state index in [1.807, 2.05) is 19.1 Å². The summed E-state index contributed by atoms with van der Waals surface area (Å²) in [6.07, 6.45) is 2.71. The molecule has 3 fully saturated rings. The van der Waals surface area contributed by atoms with E-state index in [2.05, 4.69) is 40.5 Å². The van der Waals surface area contributed by atoms with Gasteiger partial charge in [0, 0.05) is 18.5 Å². The zero-order chi connectivity index (χ0) is 21.2. The van der Waals surface area contributed by atoms with E-state index in [1.54, 1.807) is 0 Å². The Morgan fingerprint density at radius 2 is 1.87 bits per heavy atom. The summed E-state index contributed by atoms with van der Waals surface area (Å²) in [5.41, 5.74) is 3.19. The summed E-state index contributed by atoms with van der Waals surface area (Å²) < 4.78 is 17.3. The predicted octanol–water partition coefficient (Wildman–Crippen LogP) is 4.40. The van der Waals surface area contributed by atoms with Crippen LogP contribution in [-0.2, 0) is 4.74 Å². The highest BCUT2D eigenvalue weighted by molar-refractivity contribution is 5.70. The zero-order valence-corrected chi connectivity index (χ0v) is 18.0. The van der Waals surface area contributed by atoms with E-state index in [4.69, 9.17) is 14.2 Å². The van der Waals surface area contributed by atoms with Gasteiger partial charge in [-0.15, -0.1) is 0 Å². The Hall–Kier alpha value is -2.73. The van der Waals surface area contributed by atoms with Gasteiger partial charge in [-0.3, -0.25) is 4.90 Å². The molecule has 4 aliphatic heterocycles. The molecule has 2 bridgehead atoms. The van der Waals surface area contributed by atoms with Gasteiger partial charge in [0.15, 0.2) is 0 Å². The first-order chi connectivity index (χ1) is 15.2. The maximum absolute atomic E-state index is 12.6. The maximum Gasteiger partial charge on any atom is 0.407 e. The molecule has 2 aromatic carbocycles. The van der Waals surface area contributed by atoms with Crippen molar-refractivity contribution in [1.82, 2.24) is 10.2 Å². The number of ether oxygens (including phenoxy) is 3. The van der Waals surface area contributed by atoms with Crippen LogP contribution in [0.4, 0.5) is 4.79 Å². The number of alkyl carbamates (subject to hydrolysis) is 1. The third-order valence-corrected chi connectivity index (χ3v) is 6.70. The molecule has 4 heterocycles. The van der Waals surface area contributed by atoms with Crippen LogP contribution in [0.2, 0.25) is 0 Å². The second-order valence-corrected chi connectivity index (χ2v) is 8.63. The van der Waals surface area contributed by atoms with Crippen molar-refractivity contribution in [2.45, 2.75) is 38.3 Å². The number of benzene rings is 2. The molecule has 31 heavy (non-hydrogen) atoms. The van der Waals surface area contributed by atoms with Crippen LogP contribution in [0.5, 0.6) is 11.5 Å². The Labute approximate surface area is 183 Å². The lowest BCUT2D eigenvalue weighted by molar-refractivity contribution is -0.0342. The molecule has 0 aliphatic carbocycles. The molecule has 2 atom stereocenters. The van der Waals surface area contributed by atoms with Crippen LogP contribution in [-0.4, -0.2) is 49.9 Å². The van der Waals surface area contributed by atoms with E-state index in [9.17, 15) is 4.79 Å². The van der Waals surface area contributed by atoms with E-state index in [1.165, 1.54) is 0 Å². The van der Waals surface area contributed by atoms with E-state index < -0.39 is 0 Å². The fraction of sp³-hybridized carbons (Fsp3) is 0.480. The van der Waals surface area contributed by atoms with Crippen molar-refractivity contribution < 1.29 is 19.0 Å². The third-order valence-electron chi connectivity index (χ3n) is 6.70. The Bertz CT molecular complexity index is 922. The molecular weight excluding hydrogens is 392 g/mol. The van der Waals surface area contributed by atoms with Crippen LogP contribution < -0.4 is 14.8 Å². The minimum absolute atomic E-state index is 0.0175. The maximum atomic E-state index is 12.6. The number of rotatable bonds is 5. The summed E-state index contributed by atoms with van der Waals surface area (Å²) in [6.45, 7) is 6.35. The molecular formula is C25H30N2O4. The quantitative estimate of drug-likeness (QED) is 0.774. The number of nitrogens with one attached hydrogen (secondary N) is 1. The number of carbonyl (C=O) groups is 1. The molecule has 6 nitrogen and oxygen atoms in total. The van der Waals surface area contributed by atoms with Crippen molar-refractivity contribution in [3.63, 3.8) is 0 Å². The number of nitrogens with zero attached hydrogens (tertiary/aromatic N) is 1. The van der Waals surface area contributed by atoms with Crippen molar-refractivity contribution in [2.24, 2.45) is 5.92 Å². The Morgan fingerprint density at radius 3 is 2.58 bits per heavy atom. The number of fused-ring (bicyclic) bond motifs is 4. The largest absolute Gasteiger partial charge is 0.494 e. The number of piperidine rings is 3. The topological polar surface area (TPSA) is 60.0 Å². The average molecular weight is 423 g/mol. The molecule has 0 spiro atoms. The van der Waals surface area contributed by atoms with Crippen molar-refractivity contribution in [1.29, 1.82) is 0 Å². The zero-order valence-electron chi connectivity index (χ0n) is 18.0. The van der Waals surface area contributed by atoms with Gasteiger partial charge in [-0.1, -0.05) is 24.3 Å². The Kier molecular flexibility index (Phi) is 5.72. The van der Waals surface area contributed by atoms with Gasteiger partial charge in [-0.25, -0.2) is 4.79 Å². The van der Waals surface area contributed by atoms with Crippen LogP contribution in [0.25, 0.3) is 11.1 Å². The van der Waals surface area contributed by atoms with Gasteiger partial charge in [0.05, 0.1) is 19.3 Å². The highest BCUT2D eigenvalue weighted by Crippen LogP contribution is 2.36. The van der Waals surface area contributed by atoms with E-state index >= 15 is 0 Å². The Morgan fingerprint density at radius 1 is 1.10 bits per heavy atom. The van der Waals surface area contributed by atoms with E-state index in [0.717, 1.165) is 67.1 Å². The molecule has 164 valence electrons. The third kappa shape index (κ3) is 4.35. The van der Waals surface area contributed by atoms with E-state index in [0.29, 0.717) is 19.1 Å². The molecule has 3 saturated heterocycles. The molecule has 2 aromatic rings. The van der Waals surface area contributed by atoms with Crippen molar-refractivity contribution >= 4 is 6.09 Å². The van der Waals surface area contributed by atoms with Gasteiger partial charge in [0.25, 0.3) is 0 Å². The summed E-state index contributed by atoms with van der Waals surface area (Å²) in [5, 5.41) is 3.09. The summed E-state index contributed by atoms with van der Waals surface area (Å²) in [6, 6.07) is 14.2. The molecule has 1 unspecified atom stereocenters. The molecule has 1 N–H and O–H groups in total. The summed E-state index contributed by atoms with van der Waals surface area (Å²) in [4.78, 5) is 15.0. The van der Waals surface area contributed by atoms with Crippen LogP contribution in [0.1, 0.15) is 37.8 Å². The second kappa shape index (κ2) is 8.79. The van der Waals surface area contributed by atoms with Gasteiger partial charge in [-0.2, -0.15) is 0 Å². The normalized spacial score (nSPS) is 26.5. The Balaban J connectivity index is 1.26.